The molecule has 0 radical (unpaired) electrons. The molecule has 0 aliphatic heterocycles. The molecule has 0 aliphatic rings. The number of benzene rings is 1. The minimum absolute atomic E-state index is 0.0523. The monoisotopic (exact) mass is 285 g/mol. The first-order valence-electron chi connectivity index (χ1n) is 6.73. The highest BCUT2D eigenvalue weighted by Crippen LogP contribution is 2.19. The average Bonchev–Trinajstić information content (AvgIpc) is 2.39. The molecule has 0 bridgehead atoms. The molecule has 0 spiro atoms. The zero-order chi connectivity index (χ0) is 14.1. The van der Waals surface area contributed by atoms with Crippen molar-refractivity contribution in [1.29, 1.82) is 0 Å². The molecule has 19 heavy (non-hydrogen) atoms. The van der Waals surface area contributed by atoms with Crippen LogP contribution in [0.2, 0.25) is 5.02 Å². The maximum absolute atomic E-state index is 5.93. The van der Waals surface area contributed by atoms with Crippen molar-refractivity contribution in [3.63, 3.8) is 0 Å². The fourth-order valence-corrected chi connectivity index (χ4v) is 1.85. The fraction of sp³-hybridized carbons (Fsp3) is 0.600. The van der Waals surface area contributed by atoms with Crippen LogP contribution in [-0.2, 0) is 9.47 Å². The maximum Gasteiger partial charge on any atom is 0.0949 e. The van der Waals surface area contributed by atoms with E-state index in [1.54, 1.807) is 7.11 Å². The van der Waals surface area contributed by atoms with Crippen LogP contribution >= 0.6 is 11.6 Å². The lowest BCUT2D eigenvalue weighted by Gasteiger charge is -2.20. The van der Waals surface area contributed by atoms with Gasteiger partial charge in [0.15, 0.2) is 0 Å². The topological polar surface area (TPSA) is 30.5 Å². The van der Waals surface area contributed by atoms with E-state index in [0.717, 1.165) is 30.2 Å². The summed E-state index contributed by atoms with van der Waals surface area (Å²) in [6.07, 6.45) is 0.957. The summed E-state index contributed by atoms with van der Waals surface area (Å²) in [7, 11) is 1.71. The molecule has 0 amide bonds. The van der Waals surface area contributed by atoms with E-state index in [1.165, 1.54) is 0 Å². The van der Waals surface area contributed by atoms with Gasteiger partial charge in [-0.2, -0.15) is 0 Å². The van der Waals surface area contributed by atoms with Gasteiger partial charge in [0.05, 0.1) is 6.10 Å². The van der Waals surface area contributed by atoms with Crippen LogP contribution in [-0.4, -0.2) is 32.9 Å². The van der Waals surface area contributed by atoms with E-state index in [-0.39, 0.29) is 6.10 Å². The molecule has 1 aromatic rings. The van der Waals surface area contributed by atoms with Crippen LogP contribution in [0.25, 0.3) is 0 Å². The lowest BCUT2D eigenvalue weighted by molar-refractivity contribution is 0.0377. The van der Waals surface area contributed by atoms with Gasteiger partial charge in [-0.1, -0.05) is 37.6 Å². The van der Waals surface area contributed by atoms with Gasteiger partial charge in [0.2, 0.25) is 0 Å². The minimum atomic E-state index is 0.0523. The molecule has 0 aromatic heterocycles. The van der Waals surface area contributed by atoms with Crippen LogP contribution in [0, 0.1) is 0 Å². The van der Waals surface area contributed by atoms with Crippen molar-refractivity contribution in [1.82, 2.24) is 5.32 Å². The predicted molar refractivity (Wildman–Crippen MR) is 79.8 cm³/mol. The summed E-state index contributed by atoms with van der Waals surface area (Å²) in [4.78, 5) is 0. The first-order chi connectivity index (χ1) is 9.13. The van der Waals surface area contributed by atoms with Gasteiger partial charge in [0, 0.05) is 37.9 Å². The molecule has 1 rings (SSSR count). The highest BCUT2D eigenvalue weighted by atomic mass is 35.5. The van der Waals surface area contributed by atoms with Crippen LogP contribution in [0.1, 0.15) is 31.9 Å². The Labute approximate surface area is 121 Å². The van der Waals surface area contributed by atoms with E-state index in [0.29, 0.717) is 12.6 Å². The van der Waals surface area contributed by atoms with E-state index in [9.17, 15) is 0 Å². The molecule has 0 fully saturated rings. The first kappa shape index (κ1) is 16.4. The smallest absolute Gasteiger partial charge is 0.0949 e. The van der Waals surface area contributed by atoms with Gasteiger partial charge in [-0.3, -0.25) is 0 Å². The number of hydrogen-bond acceptors (Lipinski definition) is 3. The van der Waals surface area contributed by atoms with Gasteiger partial charge >= 0.3 is 0 Å². The van der Waals surface area contributed by atoms with Crippen molar-refractivity contribution in [3.05, 3.63) is 34.9 Å². The molecule has 1 N–H and O–H groups in total. The predicted octanol–water partition coefficient (Wildman–Crippen LogP) is 3.43. The molecule has 108 valence electrons. The number of methoxy groups -OCH3 is 1. The number of ether oxygens (including phenoxy) is 2. The number of hydrogen-bond donors (Lipinski definition) is 1. The third-order valence-corrected chi connectivity index (χ3v) is 3.02. The summed E-state index contributed by atoms with van der Waals surface area (Å²) in [5.74, 6) is 0. The van der Waals surface area contributed by atoms with Gasteiger partial charge in [-0.15, -0.1) is 0 Å². The number of nitrogens with one attached hydrogen (secondary N) is 1. The van der Waals surface area contributed by atoms with Crippen LogP contribution in [0.15, 0.2) is 24.3 Å². The summed E-state index contributed by atoms with van der Waals surface area (Å²) in [6.45, 7) is 6.48. The van der Waals surface area contributed by atoms with Gasteiger partial charge in [0.25, 0.3) is 0 Å². The van der Waals surface area contributed by atoms with Crippen molar-refractivity contribution < 1.29 is 9.47 Å². The van der Waals surface area contributed by atoms with Crippen LogP contribution in [0.3, 0.4) is 0 Å². The molecular formula is C15H24ClNO2. The quantitative estimate of drug-likeness (QED) is 0.705. The normalized spacial score (nSPS) is 12.9. The minimum Gasteiger partial charge on any atom is -0.385 e. The van der Waals surface area contributed by atoms with Gasteiger partial charge in [-0.05, 0) is 24.1 Å². The maximum atomic E-state index is 5.93. The largest absolute Gasteiger partial charge is 0.385 e. The van der Waals surface area contributed by atoms with Crippen molar-refractivity contribution >= 4 is 11.6 Å². The molecular weight excluding hydrogens is 262 g/mol. The fourth-order valence-electron chi connectivity index (χ4n) is 1.72. The van der Waals surface area contributed by atoms with Crippen LogP contribution < -0.4 is 5.32 Å². The highest BCUT2D eigenvalue weighted by Gasteiger charge is 2.12. The number of rotatable bonds is 9. The molecule has 1 atom stereocenters. The third kappa shape index (κ3) is 6.92. The van der Waals surface area contributed by atoms with Crippen molar-refractivity contribution in [2.24, 2.45) is 0 Å². The second kappa shape index (κ2) is 9.32. The molecule has 0 aliphatic carbocycles. The Balaban J connectivity index is 2.54. The van der Waals surface area contributed by atoms with Crippen molar-refractivity contribution in [3.8, 4) is 0 Å². The third-order valence-electron chi connectivity index (χ3n) is 2.77. The zero-order valence-electron chi connectivity index (χ0n) is 12.0. The molecule has 0 saturated heterocycles. The highest BCUT2D eigenvalue weighted by molar-refractivity contribution is 6.30. The molecule has 0 saturated carbocycles. The average molecular weight is 286 g/mol. The van der Waals surface area contributed by atoms with Crippen molar-refractivity contribution in [2.75, 3.05) is 26.9 Å². The number of halogens is 1. The molecule has 3 nitrogen and oxygen atoms in total. The molecule has 1 aromatic carbocycles. The molecule has 4 heteroatoms. The standard InChI is InChI=1S/C15H24ClNO2/c1-12(2)17-11-15(19-10-4-9-18-3)13-5-7-14(16)8-6-13/h5-8,12,15,17H,4,9-11H2,1-3H3. The Bertz CT molecular complexity index is 341. The lowest BCUT2D eigenvalue weighted by atomic mass is 10.1. The van der Waals surface area contributed by atoms with Crippen LogP contribution in [0.5, 0.6) is 0 Å². The van der Waals surface area contributed by atoms with E-state index < -0.39 is 0 Å². The van der Waals surface area contributed by atoms with E-state index >= 15 is 0 Å². The summed E-state index contributed by atoms with van der Waals surface area (Å²) in [5.41, 5.74) is 1.15. The Morgan fingerprint density at radius 1 is 1.16 bits per heavy atom. The van der Waals surface area contributed by atoms with Crippen LogP contribution in [0.4, 0.5) is 0 Å². The SMILES string of the molecule is COCCCOC(CNC(C)C)c1ccc(Cl)cc1. The van der Waals surface area contributed by atoms with E-state index in [4.69, 9.17) is 21.1 Å². The van der Waals surface area contributed by atoms with Gasteiger partial charge in [0.1, 0.15) is 0 Å². The second-order valence-corrected chi connectivity index (χ2v) is 5.26. The molecule has 0 heterocycles. The Hall–Kier alpha value is -0.610. The van der Waals surface area contributed by atoms with Gasteiger partial charge in [-0.25, -0.2) is 0 Å². The Kier molecular flexibility index (Phi) is 8.07. The first-order valence-corrected chi connectivity index (χ1v) is 7.10. The summed E-state index contributed by atoms with van der Waals surface area (Å²) in [6, 6.07) is 8.28. The Morgan fingerprint density at radius 3 is 2.42 bits per heavy atom. The van der Waals surface area contributed by atoms with E-state index in [2.05, 4.69) is 19.2 Å². The summed E-state index contributed by atoms with van der Waals surface area (Å²) in [5, 5.41) is 4.16. The summed E-state index contributed by atoms with van der Waals surface area (Å²) >= 11 is 5.92. The second-order valence-electron chi connectivity index (χ2n) is 4.82. The molecule has 1 unspecified atom stereocenters. The Morgan fingerprint density at radius 2 is 1.84 bits per heavy atom. The van der Waals surface area contributed by atoms with Crippen molar-refractivity contribution in [2.45, 2.75) is 32.4 Å². The van der Waals surface area contributed by atoms with E-state index in [1.807, 2.05) is 24.3 Å². The zero-order valence-corrected chi connectivity index (χ0v) is 12.7. The lowest BCUT2D eigenvalue weighted by Crippen LogP contribution is -2.29. The summed E-state index contributed by atoms with van der Waals surface area (Å²) < 4.78 is 11.0. The van der Waals surface area contributed by atoms with Gasteiger partial charge < -0.3 is 14.8 Å².